The third-order valence-corrected chi connectivity index (χ3v) is 5.72. The quantitative estimate of drug-likeness (QED) is 0.340. The van der Waals surface area contributed by atoms with E-state index in [-0.39, 0.29) is 6.61 Å². The fraction of sp³-hybridized carbons (Fsp3) is 0.500. The molecular formula is C6H6Cl3O3P. The molecule has 0 aromatic carbocycles. The first-order valence-electron chi connectivity index (χ1n) is 3.02. The summed E-state index contributed by atoms with van der Waals surface area (Å²) >= 11 is 16.0. The molecule has 0 saturated carbocycles. The normalized spacial score (nSPS) is 15.6. The van der Waals surface area contributed by atoms with Crippen LogP contribution in [0.25, 0.3) is 0 Å². The zero-order chi connectivity index (χ0) is 10.7. The average molecular weight is 263 g/mol. The fourth-order valence-electron chi connectivity index (χ4n) is 0.345. The summed E-state index contributed by atoms with van der Waals surface area (Å²) in [5.74, 6) is -2.75. The van der Waals surface area contributed by atoms with Gasteiger partial charge in [-0.15, -0.1) is 6.42 Å². The van der Waals surface area contributed by atoms with E-state index in [0.717, 1.165) is 6.92 Å². The molecule has 13 heavy (non-hydrogen) atoms. The number of carbonyl (C=O) groups excluding carboxylic acids is 1. The molecule has 1 unspecified atom stereocenters. The van der Waals surface area contributed by atoms with Crippen molar-refractivity contribution in [2.45, 2.75) is 11.5 Å². The van der Waals surface area contributed by atoms with Gasteiger partial charge in [-0.3, -0.25) is 4.57 Å². The van der Waals surface area contributed by atoms with Crippen LogP contribution >= 0.6 is 39.9 Å². The van der Waals surface area contributed by atoms with Gasteiger partial charge in [0.25, 0.3) is 5.85 Å². The van der Waals surface area contributed by atoms with Gasteiger partial charge in [-0.25, -0.2) is 4.79 Å². The molecule has 0 amide bonds. The van der Waals surface area contributed by atoms with E-state index in [1.807, 2.05) is 5.92 Å². The predicted octanol–water partition coefficient (Wildman–Crippen LogP) is 2.79. The Bertz CT molecular complexity index is 288. The number of carbonyl (C=O) groups is 1. The van der Waals surface area contributed by atoms with Gasteiger partial charge in [-0.2, -0.15) is 0 Å². The summed E-state index contributed by atoms with van der Waals surface area (Å²) in [5.41, 5.74) is 0. The summed E-state index contributed by atoms with van der Waals surface area (Å²) in [5, 5.41) is 0. The molecule has 0 radical (unpaired) electrons. The van der Waals surface area contributed by atoms with Crippen molar-refractivity contribution in [3.05, 3.63) is 0 Å². The molecule has 0 N–H and O–H groups in total. The molecule has 74 valence electrons. The number of hydrogen-bond acceptors (Lipinski definition) is 3. The van der Waals surface area contributed by atoms with Gasteiger partial charge in [0.2, 0.25) is 4.62 Å². The summed E-state index contributed by atoms with van der Waals surface area (Å²) in [6.45, 7) is 0.836. The Hall–Kier alpha value is 0.130. The Kier molecular flexibility index (Phi) is 4.62. The summed E-state index contributed by atoms with van der Waals surface area (Å²) < 4.78 is 13.6. The van der Waals surface area contributed by atoms with Crippen molar-refractivity contribution in [3.63, 3.8) is 0 Å². The average Bonchev–Trinajstić information content (AvgIpc) is 1.97. The molecule has 0 aliphatic rings. The Balaban J connectivity index is 4.58. The highest BCUT2D eigenvalue weighted by Gasteiger charge is 2.48. The Morgan fingerprint density at radius 3 is 2.46 bits per heavy atom. The number of ether oxygens (including phenoxy) is 1. The van der Waals surface area contributed by atoms with Crippen molar-refractivity contribution in [1.29, 1.82) is 0 Å². The molecular weight excluding hydrogens is 257 g/mol. The van der Waals surface area contributed by atoms with Gasteiger partial charge in [-0.05, 0) is 29.4 Å². The number of terminal acetylenes is 1. The van der Waals surface area contributed by atoms with E-state index in [9.17, 15) is 9.36 Å². The maximum absolute atomic E-state index is 11.1. The topological polar surface area (TPSA) is 43.4 Å². The minimum atomic E-state index is -3.80. The number of alkyl halides is 1. The van der Waals surface area contributed by atoms with Crippen LogP contribution in [0, 0.1) is 12.3 Å². The van der Waals surface area contributed by atoms with Crippen LogP contribution < -0.4 is 0 Å². The lowest BCUT2D eigenvalue weighted by atomic mass is 10.5. The monoisotopic (exact) mass is 262 g/mol. The minimum absolute atomic E-state index is 0.269. The Morgan fingerprint density at radius 2 is 2.15 bits per heavy atom. The predicted molar refractivity (Wildman–Crippen MR) is 53.4 cm³/mol. The minimum Gasteiger partial charge on any atom is -0.451 e. The van der Waals surface area contributed by atoms with Gasteiger partial charge in [0, 0.05) is 0 Å². The van der Waals surface area contributed by atoms with Crippen LogP contribution in [-0.2, 0) is 14.1 Å². The Labute approximate surface area is 90.6 Å². The van der Waals surface area contributed by atoms with Crippen molar-refractivity contribution in [1.82, 2.24) is 0 Å². The summed E-state index contributed by atoms with van der Waals surface area (Å²) in [6.07, 6.45) is 4.82. The van der Waals surface area contributed by atoms with E-state index < -0.39 is 16.4 Å². The molecule has 0 aromatic heterocycles. The Morgan fingerprint density at radius 1 is 1.69 bits per heavy atom. The maximum Gasteiger partial charge on any atom is 0.338 e. The molecule has 0 saturated heterocycles. The molecule has 0 fully saturated rings. The van der Waals surface area contributed by atoms with Crippen molar-refractivity contribution in [3.8, 4) is 12.3 Å². The van der Waals surface area contributed by atoms with Crippen LogP contribution in [0.4, 0.5) is 0 Å². The molecule has 0 aliphatic heterocycles. The molecule has 0 bridgehead atoms. The number of esters is 1. The van der Waals surface area contributed by atoms with Crippen LogP contribution in [0.5, 0.6) is 0 Å². The lowest BCUT2D eigenvalue weighted by Gasteiger charge is -2.19. The standard InChI is InChI=1S/C6H6Cl3O3P/c1-3-4-12-5(10)6(2,7)13(8,9)11/h1H,4H2,2H3. The molecule has 0 heterocycles. The van der Waals surface area contributed by atoms with Crippen molar-refractivity contribution in [2.24, 2.45) is 0 Å². The van der Waals surface area contributed by atoms with Gasteiger partial charge in [0.15, 0.2) is 6.61 Å². The molecule has 7 heteroatoms. The lowest BCUT2D eigenvalue weighted by molar-refractivity contribution is -0.142. The SMILES string of the molecule is C#CCOC(=O)C(C)(Cl)P(=O)(Cl)Cl. The number of halogens is 3. The van der Waals surface area contributed by atoms with Crippen LogP contribution in [0.3, 0.4) is 0 Å². The number of hydrogen-bond donors (Lipinski definition) is 0. The molecule has 0 aromatic rings. The molecule has 0 rings (SSSR count). The molecule has 3 nitrogen and oxygen atoms in total. The number of rotatable bonds is 3. The van der Waals surface area contributed by atoms with E-state index in [0.29, 0.717) is 0 Å². The van der Waals surface area contributed by atoms with Gasteiger partial charge in [-0.1, -0.05) is 17.5 Å². The molecule has 1 atom stereocenters. The van der Waals surface area contributed by atoms with E-state index in [4.69, 9.17) is 40.5 Å². The van der Waals surface area contributed by atoms with E-state index in [1.165, 1.54) is 0 Å². The van der Waals surface area contributed by atoms with E-state index >= 15 is 0 Å². The van der Waals surface area contributed by atoms with Crippen molar-refractivity contribution >= 4 is 45.9 Å². The largest absolute Gasteiger partial charge is 0.451 e. The highest BCUT2D eigenvalue weighted by atomic mass is 35.9. The van der Waals surface area contributed by atoms with Crippen molar-refractivity contribution < 1.29 is 14.1 Å². The van der Waals surface area contributed by atoms with E-state index in [1.54, 1.807) is 0 Å². The highest BCUT2D eigenvalue weighted by molar-refractivity contribution is 8.10. The second-order valence-electron chi connectivity index (χ2n) is 2.20. The van der Waals surface area contributed by atoms with Crippen LogP contribution in [0.15, 0.2) is 0 Å². The van der Waals surface area contributed by atoms with Crippen LogP contribution in [0.2, 0.25) is 0 Å². The second kappa shape index (κ2) is 4.57. The van der Waals surface area contributed by atoms with Gasteiger partial charge < -0.3 is 4.74 Å². The third kappa shape index (κ3) is 3.40. The smallest absolute Gasteiger partial charge is 0.338 e. The van der Waals surface area contributed by atoms with Gasteiger partial charge >= 0.3 is 5.97 Å². The summed E-state index contributed by atoms with van der Waals surface area (Å²) in [7, 11) is 0. The van der Waals surface area contributed by atoms with E-state index in [2.05, 4.69) is 4.74 Å². The van der Waals surface area contributed by atoms with Crippen LogP contribution in [0.1, 0.15) is 6.92 Å². The van der Waals surface area contributed by atoms with Crippen molar-refractivity contribution in [2.75, 3.05) is 6.61 Å². The summed E-state index contributed by atoms with van der Waals surface area (Å²) in [4.78, 5) is 11.1. The van der Waals surface area contributed by atoms with Gasteiger partial charge in [0.1, 0.15) is 0 Å². The maximum atomic E-state index is 11.1. The van der Waals surface area contributed by atoms with Gasteiger partial charge in [0.05, 0.1) is 0 Å². The summed E-state index contributed by atoms with van der Waals surface area (Å²) in [6, 6.07) is 0. The fourth-order valence-corrected chi connectivity index (χ4v) is 1.09. The first kappa shape index (κ1) is 13.1. The zero-order valence-corrected chi connectivity index (χ0v) is 9.75. The third-order valence-electron chi connectivity index (χ3n) is 1.15. The molecule has 0 spiro atoms. The first-order chi connectivity index (χ1) is 5.73. The molecule has 0 aliphatic carbocycles. The van der Waals surface area contributed by atoms with Crippen LogP contribution in [-0.4, -0.2) is 17.2 Å². The zero-order valence-electron chi connectivity index (χ0n) is 6.59. The highest BCUT2D eigenvalue weighted by Crippen LogP contribution is 2.69. The second-order valence-corrected chi connectivity index (χ2v) is 8.41. The first-order valence-corrected chi connectivity index (χ1v) is 6.92. The lowest BCUT2D eigenvalue weighted by Crippen LogP contribution is -2.28.